The molecule has 4 amide bonds. The molecule has 0 saturated carbocycles. The Balaban J connectivity index is 1.86. The van der Waals surface area contributed by atoms with Crippen molar-refractivity contribution in [1.29, 1.82) is 0 Å². The van der Waals surface area contributed by atoms with Crippen molar-refractivity contribution in [2.75, 3.05) is 11.5 Å². The molecule has 1 saturated heterocycles. The van der Waals surface area contributed by atoms with Crippen molar-refractivity contribution in [3.05, 3.63) is 69.8 Å². The molecule has 2 N–H and O–H groups in total. The summed E-state index contributed by atoms with van der Waals surface area (Å²) in [5.41, 5.74) is -0.0686. The van der Waals surface area contributed by atoms with Crippen molar-refractivity contribution in [2.24, 2.45) is 0 Å². The Morgan fingerprint density at radius 2 is 1.73 bits per heavy atom. The summed E-state index contributed by atoms with van der Waals surface area (Å²) in [4.78, 5) is 58.4. The maximum Gasteiger partial charge on any atom is 0.341 e. The van der Waals surface area contributed by atoms with E-state index in [1.165, 1.54) is 42.5 Å². The number of ether oxygens (including phenoxy) is 1. The van der Waals surface area contributed by atoms with Gasteiger partial charge in [-0.25, -0.2) is 14.5 Å². The molecule has 0 bridgehead atoms. The lowest BCUT2D eigenvalue weighted by atomic mass is 10.1. The molecule has 1 fully saturated rings. The number of imide groups is 2. The van der Waals surface area contributed by atoms with Gasteiger partial charge < -0.3 is 9.84 Å². The van der Waals surface area contributed by atoms with Gasteiger partial charge >= 0.3 is 12.0 Å². The van der Waals surface area contributed by atoms with Crippen LogP contribution in [-0.4, -0.2) is 40.5 Å². The Labute approximate surface area is 168 Å². The quantitative estimate of drug-likeness (QED) is 0.315. The lowest BCUT2D eigenvalue weighted by Crippen LogP contribution is -2.54. The van der Waals surface area contributed by atoms with Crippen molar-refractivity contribution < 1.29 is 33.9 Å². The van der Waals surface area contributed by atoms with E-state index in [0.717, 1.165) is 12.1 Å². The fraction of sp³-hybridized carbons (Fsp3) is 0.0526. The smallest absolute Gasteiger partial charge is 0.341 e. The standard InChI is InChI=1S/C19H13N3O8/c23-16(24)10-30-14-7-1-11(2-8-14)9-15-17(25)20-19(27)21(18(15)26)12-3-5-13(6-4-12)22(28)29/h1-9H,10H2,(H,23,24)(H,20,25,27)/b15-9+. The number of non-ortho nitro benzene ring substituents is 1. The summed E-state index contributed by atoms with van der Waals surface area (Å²) in [6.45, 7) is -0.520. The van der Waals surface area contributed by atoms with Gasteiger partial charge in [-0.15, -0.1) is 0 Å². The topological polar surface area (TPSA) is 156 Å². The predicted octanol–water partition coefficient (Wildman–Crippen LogP) is 1.72. The summed E-state index contributed by atoms with van der Waals surface area (Å²) < 4.78 is 5.00. The summed E-state index contributed by atoms with van der Waals surface area (Å²) in [5.74, 6) is -2.65. The first-order chi connectivity index (χ1) is 14.3. The molecule has 0 radical (unpaired) electrons. The van der Waals surface area contributed by atoms with Gasteiger partial charge in [0.15, 0.2) is 6.61 Å². The molecule has 0 spiro atoms. The third kappa shape index (κ3) is 4.30. The molecular formula is C19H13N3O8. The van der Waals surface area contributed by atoms with Crippen molar-refractivity contribution in [1.82, 2.24) is 5.32 Å². The summed E-state index contributed by atoms with van der Waals surface area (Å²) in [7, 11) is 0. The van der Waals surface area contributed by atoms with E-state index in [0.29, 0.717) is 10.5 Å². The Hall–Kier alpha value is -4.54. The highest BCUT2D eigenvalue weighted by Crippen LogP contribution is 2.24. The van der Waals surface area contributed by atoms with E-state index >= 15 is 0 Å². The van der Waals surface area contributed by atoms with Gasteiger partial charge in [-0.05, 0) is 35.9 Å². The Bertz CT molecular complexity index is 1070. The highest BCUT2D eigenvalue weighted by Gasteiger charge is 2.36. The van der Waals surface area contributed by atoms with Gasteiger partial charge in [0.25, 0.3) is 17.5 Å². The lowest BCUT2D eigenvalue weighted by Gasteiger charge is -2.26. The van der Waals surface area contributed by atoms with Crippen LogP contribution in [-0.2, 0) is 14.4 Å². The molecule has 3 rings (SSSR count). The minimum atomic E-state index is -1.14. The van der Waals surface area contributed by atoms with E-state index in [4.69, 9.17) is 9.84 Å². The number of nitro benzene ring substituents is 1. The first-order valence-electron chi connectivity index (χ1n) is 8.37. The summed E-state index contributed by atoms with van der Waals surface area (Å²) >= 11 is 0. The largest absolute Gasteiger partial charge is 0.482 e. The molecule has 0 aliphatic carbocycles. The molecule has 11 nitrogen and oxygen atoms in total. The Kier molecular flexibility index (Phi) is 5.54. The maximum atomic E-state index is 12.8. The van der Waals surface area contributed by atoms with Crippen LogP contribution in [0.5, 0.6) is 5.75 Å². The molecule has 30 heavy (non-hydrogen) atoms. The number of nitrogens with one attached hydrogen (secondary N) is 1. The molecule has 0 atom stereocenters. The van der Waals surface area contributed by atoms with Crippen molar-refractivity contribution in [2.45, 2.75) is 0 Å². The molecule has 2 aromatic rings. The molecule has 0 aromatic heterocycles. The number of nitro groups is 1. The monoisotopic (exact) mass is 411 g/mol. The van der Waals surface area contributed by atoms with Crippen LogP contribution in [0.4, 0.5) is 16.2 Å². The van der Waals surface area contributed by atoms with Gasteiger partial charge in [0, 0.05) is 12.1 Å². The van der Waals surface area contributed by atoms with Crippen molar-refractivity contribution in [3.8, 4) is 5.75 Å². The average molecular weight is 411 g/mol. The average Bonchev–Trinajstić information content (AvgIpc) is 2.70. The minimum Gasteiger partial charge on any atom is -0.482 e. The first-order valence-corrected chi connectivity index (χ1v) is 8.37. The summed E-state index contributed by atoms with van der Waals surface area (Å²) in [6.07, 6.45) is 1.25. The SMILES string of the molecule is O=C(O)COc1ccc(/C=C2\C(=O)NC(=O)N(c3ccc([N+](=O)[O-])cc3)C2=O)cc1. The number of amides is 4. The Morgan fingerprint density at radius 1 is 1.10 bits per heavy atom. The van der Waals surface area contributed by atoms with Crippen LogP contribution in [0, 0.1) is 10.1 Å². The number of rotatable bonds is 6. The molecule has 1 aliphatic heterocycles. The molecule has 11 heteroatoms. The van der Waals surface area contributed by atoms with Crippen molar-refractivity contribution >= 4 is 41.3 Å². The summed E-state index contributed by atoms with van der Waals surface area (Å²) in [5, 5.41) is 21.4. The van der Waals surface area contributed by atoms with Crippen molar-refractivity contribution in [3.63, 3.8) is 0 Å². The third-order valence-electron chi connectivity index (χ3n) is 3.97. The molecule has 1 aliphatic rings. The van der Waals surface area contributed by atoms with Gasteiger partial charge in [-0.1, -0.05) is 12.1 Å². The van der Waals surface area contributed by atoms with E-state index in [2.05, 4.69) is 0 Å². The number of urea groups is 1. The highest BCUT2D eigenvalue weighted by molar-refractivity contribution is 6.39. The minimum absolute atomic E-state index is 0.0546. The zero-order valence-corrected chi connectivity index (χ0v) is 15.1. The molecule has 1 heterocycles. The molecule has 2 aromatic carbocycles. The van der Waals surface area contributed by atoms with Crippen LogP contribution in [0.15, 0.2) is 54.1 Å². The van der Waals surface area contributed by atoms with Gasteiger partial charge in [0.2, 0.25) is 0 Å². The number of carbonyl (C=O) groups is 4. The number of hydrogen-bond donors (Lipinski definition) is 2. The van der Waals surface area contributed by atoms with Gasteiger partial charge in [0.1, 0.15) is 11.3 Å². The number of nitrogens with zero attached hydrogens (tertiary/aromatic N) is 2. The molecular weight excluding hydrogens is 398 g/mol. The second kappa shape index (κ2) is 8.22. The second-order valence-corrected chi connectivity index (χ2v) is 5.98. The number of hydrogen-bond acceptors (Lipinski definition) is 7. The predicted molar refractivity (Wildman–Crippen MR) is 102 cm³/mol. The number of aliphatic carboxylic acids is 1. The molecule has 152 valence electrons. The number of carboxylic acid groups (broad SMARTS) is 1. The van der Waals surface area contributed by atoms with Crippen LogP contribution in [0.3, 0.4) is 0 Å². The van der Waals surface area contributed by atoms with Gasteiger partial charge in [-0.3, -0.25) is 25.0 Å². The number of anilines is 1. The maximum absolute atomic E-state index is 12.8. The number of barbiturate groups is 1. The fourth-order valence-electron chi connectivity index (χ4n) is 2.59. The summed E-state index contributed by atoms with van der Waals surface area (Å²) in [6, 6.07) is 9.63. The van der Waals surface area contributed by atoms with Crippen LogP contribution in [0.1, 0.15) is 5.56 Å². The normalized spacial score (nSPS) is 15.1. The zero-order chi connectivity index (χ0) is 21.8. The Morgan fingerprint density at radius 3 is 2.30 bits per heavy atom. The first kappa shape index (κ1) is 20.2. The number of carbonyl (C=O) groups excluding carboxylic acids is 3. The van der Waals surface area contributed by atoms with Gasteiger partial charge in [-0.2, -0.15) is 0 Å². The molecule has 0 unspecified atom stereocenters. The van der Waals surface area contributed by atoms with Crippen LogP contribution in [0.2, 0.25) is 0 Å². The van der Waals surface area contributed by atoms with E-state index < -0.39 is 35.3 Å². The van der Waals surface area contributed by atoms with E-state index in [1.807, 2.05) is 5.32 Å². The van der Waals surface area contributed by atoms with Crippen LogP contribution >= 0.6 is 0 Å². The third-order valence-corrected chi connectivity index (χ3v) is 3.97. The fourth-order valence-corrected chi connectivity index (χ4v) is 2.59. The van der Waals surface area contributed by atoms with Crippen LogP contribution < -0.4 is 15.0 Å². The number of carboxylic acids is 1. The van der Waals surface area contributed by atoms with Crippen LogP contribution in [0.25, 0.3) is 6.08 Å². The van der Waals surface area contributed by atoms with E-state index in [-0.39, 0.29) is 22.7 Å². The van der Waals surface area contributed by atoms with E-state index in [1.54, 1.807) is 0 Å². The lowest BCUT2D eigenvalue weighted by molar-refractivity contribution is -0.384. The van der Waals surface area contributed by atoms with E-state index in [9.17, 15) is 29.3 Å². The zero-order valence-electron chi connectivity index (χ0n) is 15.1. The van der Waals surface area contributed by atoms with Gasteiger partial charge in [0.05, 0.1) is 10.6 Å². The second-order valence-electron chi connectivity index (χ2n) is 5.98. The highest BCUT2D eigenvalue weighted by atomic mass is 16.6. The number of benzene rings is 2.